The van der Waals surface area contributed by atoms with Crippen molar-refractivity contribution in [1.82, 2.24) is 10.3 Å². The second kappa shape index (κ2) is 15.1. The first kappa shape index (κ1) is 34.9. The number of hydrogen-bond acceptors (Lipinski definition) is 7. The fourth-order valence-corrected chi connectivity index (χ4v) is 4.79. The van der Waals surface area contributed by atoms with E-state index >= 15 is 4.39 Å². The van der Waals surface area contributed by atoms with Crippen LogP contribution in [0.2, 0.25) is 0 Å². The Morgan fingerprint density at radius 3 is 2.26 bits per heavy atom. The molecule has 1 N–H and O–H groups in total. The summed E-state index contributed by atoms with van der Waals surface area (Å²) in [6.45, 7) is 12.9. The number of amides is 1. The molecule has 1 amide bonds. The molecular weight excluding hydrogens is 599 g/mol. The van der Waals surface area contributed by atoms with Crippen molar-refractivity contribution < 1.29 is 32.9 Å². The van der Waals surface area contributed by atoms with Crippen LogP contribution < -0.4 is 14.8 Å². The van der Waals surface area contributed by atoms with Crippen molar-refractivity contribution in [3.63, 3.8) is 0 Å². The van der Waals surface area contributed by atoms with Crippen LogP contribution in [0.1, 0.15) is 76.8 Å². The van der Waals surface area contributed by atoms with Crippen molar-refractivity contribution in [2.75, 3.05) is 0 Å². The smallest absolute Gasteiger partial charge is 0.408 e. The van der Waals surface area contributed by atoms with Crippen LogP contribution in [-0.2, 0) is 33.9 Å². The lowest BCUT2D eigenvalue weighted by Gasteiger charge is -2.22. The van der Waals surface area contributed by atoms with Crippen LogP contribution in [0.5, 0.6) is 11.5 Å². The number of nitrogens with one attached hydrogen (secondary N) is 1. The van der Waals surface area contributed by atoms with Crippen molar-refractivity contribution in [2.45, 2.75) is 85.3 Å². The van der Waals surface area contributed by atoms with Crippen LogP contribution in [0.25, 0.3) is 11.1 Å². The zero-order valence-corrected chi connectivity index (χ0v) is 28.1. The third-order valence-corrected chi connectivity index (χ3v) is 6.76. The number of esters is 1. The number of aromatic nitrogens is 1. The first-order chi connectivity index (χ1) is 22.2. The van der Waals surface area contributed by atoms with Crippen molar-refractivity contribution in [3.05, 3.63) is 113 Å². The third kappa shape index (κ3) is 10.8. The summed E-state index contributed by atoms with van der Waals surface area (Å²) >= 11 is 0. The Balaban J connectivity index is 1.62. The van der Waals surface area contributed by atoms with Crippen molar-refractivity contribution in [3.8, 4) is 22.6 Å². The predicted molar refractivity (Wildman–Crippen MR) is 179 cm³/mol. The van der Waals surface area contributed by atoms with Crippen LogP contribution in [0.15, 0.2) is 85.2 Å². The third-order valence-electron chi connectivity index (χ3n) is 6.76. The number of benzene rings is 3. The minimum absolute atomic E-state index is 0.0560. The molecule has 0 spiro atoms. The SMILES string of the molecule is C[C@@H](NC(=O)OC(C)(C)C)c1cccc(-c2cc(COc3ccccc3CC(=O)OC(C)(C)C)cc(OCc3cccnc3)c2)c1F. The van der Waals surface area contributed by atoms with Gasteiger partial charge in [0.2, 0.25) is 0 Å². The molecule has 0 aliphatic carbocycles. The number of hydrogen-bond donors (Lipinski definition) is 1. The van der Waals surface area contributed by atoms with E-state index in [1.165, 1.54) is 0 Å². The van der Waals surface area contributed by atoms with Gasteiger partial charge in [-0.1, -0.05) is 42.5 Å². The van der Waals surface area contributed by atoms with E-state index in [9.17, 15) is 9.59 Å². The normalized spacial score (nSPS) is 12.2. The molecule has 0 bridgehead atoms. The van der Waals surface area contributed by atoms with E-state index in [0.717, 1.165) is 11.1 Å². The second-order valence-corrected chi connectivity index (χ2v) is 13.3. The summed E-state index contributed by atoms with van der Waals surface area (Å²) in [5.41, 5.74) is 2.21. The summed E-state index contributed by atoms with van der Waals surface area (Å²) in [7, 11) is 0. The Morgan fingerprint density at radius 1 is 0.830 bits per heavy atom. The number of carbonyl (C=O) groups excluding carboxylic acids is 2. The van der Waals surface area contributed by atoms with Crippen molar-refractivity contribution in [1.29, 1.82) is 0 Å². The zero-order chi connectivity index (χ0) is 34.2. The summed E-state index contributed by atoms with van der Waals surface area (Å²) in [4.78, 5) is 29.1. The molecule has 248 valence electrons. The summed E-state index contributed by atoms with van der Waals surface area (Å²) in [5.74, 6) is 0.218. The topological polar surface area (TPSA) is 96.0 Å². The Morgan fingerprint density at radius 2 is 1.55 bits per heavy atom. The first-order valence-electron chi connectivity index (χ1n) is 15.5. The monoisotopic (exact) mass is 642 g/mol. The highest BCUT2D eigenvalue weighted by Gasteiger charge is 2.22. The molecule has 47 heavy (non-hydrogen) atoms. The molecule has 4 aromatic rings. The molecule has 1 heterocycles. The Hall–Kier alpha value is -4.92. The maximum atomic E-state index is 16.1. The van der Waals surface area contributed by atoms with Gasteiger partial charge in [0.15, 0.2) is 0 Å². The number of carbonyl (C=O) groups is 2. The highest BCUT2D eigenvalue weighted by molar-refractivity contribution is 5.74. The van der Waals surface area contributed by atoms with E-state index in [-0.39, 0.29) is 25.6 Å². The van der Waals surface area contributed by atoms with Gasteiger partial charge in [0.25, 0.3) is 0 Å². The number of para-hydroxylation sites is 1. The number of alkyl carbamates (subject to hydrolysis) is 1. The van der Waals surface area contributed by atoms with Gasteiger partial charge in [0.1, 0.15) is 41.7 Å². The molecule has 0 unspecified atom stereocenters. The minimum Gasteiger partial charge on any atom is -0.489 e. The summed E-state index contributed by atoms with van der Waals surface area (Å²) in [6.07, 6.45) is 2.83. The molecule has 0 aliphatic heterocycles. The van der Waals surface area contributed by atoms with Crippen LogP contribution in [0.3, 0.4) is 0 Å². The maximum absolute atomic E-state index is 16.1. The van der Waals surface area contributed by atoms with Gasteiger partial charge in [0, 0.05) is 34.6 Å². The van der Waals surface area contributed by atoms with Crippen LogP contribution in [-0.4, -0.2) is 28.2 Å². The van der Waals surface area contributed by atoms with Gasteiger partial charge in [-0.15, -0.1) is 0 Å². The second-order valence-electron chi connectivity index (χ2n) is 13.3. The lowest BCUT2D eigenvalue weighted by molar-refractivity contribution is -0.153. The van der Waals surface area contributed by atoms with Gasteiger partial charge in [-0.2, -0.15) is 0 Å². The number of pyridine rings is 1. The Labute approximate surface area is 276 Å². The van der Waals surface area contributed by atoms with Crippen molar-refractivity contribution in [2.24, 2.45) is 0 Å². The van der Waals surface area contributed by atoms with Gasteiger partial charge >= 0.3 is 12.1 Å². The molecule has 0 aliphatic rings. The summed E-state index contributed by atoms with van der Waals surface area (Å²) < 4.78 is 39.3. The lowest BCUT2D eigenvalue weighted by Crippen LogP contribution is -2.34. The molecular formula is C38H43FN2O6. The Kier molecular flexibility index (Phi) is 11.2. The van der Waals surface area contributed by atoms with Gasteiger partial charge in [-0.05, 0) is 89.9 Å². The molecule has 0 saturated carbocycles. The quantitative estimate of drug-likeness (QED) is 0.164. The van der Waals surface area contributed by atoms with Crippen LogP contribution in [0, 0.1) is 5.82 Å². The first-order valence-corrected chi connectivity index (χ1v) is 15.5. The highest BCUT2D eigenvalue weighted by Crippen LogP contribution is 2.33. The number of nitrogens with zero attached hydrogens (tertiary/aromatic N) is 1. The average Bonchev–Trinajstić information content (AvgIpc) is 2.98. The minimum atomic E-state index is -0.685. The van der Waals surface area contributed by atoms with E-state index in [1.54, 1.807) is 70.4 Å². The van der Waals surface area contributed by atoms with E-state index in [4.69, 9.17) is 18.9 Å². The van der Waals surface area contributed by atoms with E-state index in [0.29, 0.717) is 33.8 Å². The molecule has 1 aromatic heterocycles. The molecule has 4 rings (SSSR count). The number of halogens is 1. The number of ether oxygens (including phenoxy) is 4. The van der Waals surface area contributed by atoms with Gasteiger partial charge in [0.05, 0.1) is 12.5 Å². The molecule has 1 atom stereocenters. The standard InChI is InChI=1S/C38H43FN2O6/c1-25(41-36(43)47-38(5,6)7)31-14-10-15-32(35(31)39)29-18-27(19-30(20-29)44-23-26-12-11-17-40-22-26)24-45-33-16-9-8-13-28(33)21-34(42)46-37(2,3)4/h8-20,22,25H,21,23-24H2,1-7H3,(H,41,43)/t25-/m1/s1. The molecule has 9 heteroatoms. The molecule has 3 aromatic carbocycles. The van der Waals surface area contributed by atoms with Gasteiger partial charge < -0.3 is 24.3 Å². The van der Waals surface area contributed by atoms with E-state index in [1.807, 2.05) is 63.2 Å². The average molecular weight is 643 g/mol. The molecule has 8 nitrogen and oxygen atoms in total. The van der Waals surface area contributed by atoms with E-state index < -0.39 is 29.2 Å². The molecule has 0 fully saturated rings. The van der Waals surface area contributed by atoms with Gasteiger partial charge in [-0.25, -0.2) is 9.18 Å². The fraction of sp³-hybridized carbons (Fsp3) is 0.342. The maximum Gasteiger partial charge on any atom is 0.408 e. The van der Waals surface area contributed by atoms with Crippen LogP contribution >= 0.6 is 0 Å². The summed E-state index contributed by atoms with van der Waals surface area (Å²) in [5, 5.41) is 2.72. The largest absolute Gasteiger partial charge is 0.489 e. The zero-order valence-electron chi connectivity index (χ0n) is 28.1. The number of rotatable bonds is 11. The Bertz CT molecular complexity index is 1680. The molecule has 0 saturated heterocycles. The fourth-order valence-electron chi connectivity index (χ4n) is 4.79. The predicted octanol–water partition coefficient (Wildman–Crippen LogP) is 8.52. The molecule has 0 radical (unpaired) electrons. The van der Waals surface area contributed by atoms with E-state index in [2.05, 4.69) is 10.3 Å². The lowest BCUT2D eigenvalue weighted by atomic mass is 9.97. The van der Waals surface area contributed by atoms with Crippen molar-refractivity contribution >= 4 is 12.1 Å². The summed E-state index contributed by atoms with van der Waals surface area (Å²) in [6, 6.07) is 20.9. The van der Waals surface area contributed by atoms with Crippen LogP contribution in [0.4, 0.5) is 9.18 Å². The van der Waals surface area contributed by atoms with Gasteiger partial charge in [-0.3, -0.25) is 9.78 Å². The highest BCUT2D eigenvalue weighted by atomic mass is 19.1.